The Morgan fingerprint density at radius 1 is 1.29 bits per heavy atom. The molecule has 0 bridgehead atoms. The molecule has 0 saturated heterocycles. The molecule has 0 radical (unpaired) electrons. The second kappa shape index (κ2) is 7.78. The molecular formula is C12H14BF3KN3O. The van der Waals surface area contributed by atoms with Crippen LogP contribution in [0, 0.1) is 6.92 Å². The maximum atomic E-state index is 12.7. The fraction of sp³-hybridized carbons (Fsp3) is 0.333. The van der Waals surface area contributed by atoms with Crippen LogP contribution in [0.4, 0.5) is 12.9 Å². The van der Waals surface area contributed by atoms with Crippen LogP contribution in [0.15, 0.2) is 24.5 Å². The monoisotopic (exact) mass is 323 g/mol. The number of aryl methyl sites for hydroxylation is 2. The van der Waals surface area contributed by atoms with Crippen molar-refractivity contribution in [2.24, 2.45) is 0 Å². The molecule has 108 valence electrons. The van der Waals surface area contributed by atoms with Gasteiger partial charge < -0.3 is 17.7 Å². The van der Waals surface area contributed by atoms with E-state index in [1.807, 2.05) is 6.92 Å². The Bertz CT molecular complexity index is 604. The van der Waals surface area contributed by atoms with E-state index in [-0.39, 0.29) is 63.6 Å². The quantitative estimate of drug-likeness (QED) is 0.680. The van der Waals surface area contributed by atoms with Crippen LogP contribution in [0.2, 0.25) is 0 Å². The van der Waals surface area contributed by atoms with Crippen molar-refractivity contribution in [1.29, 1.82) is 0 Å². The van der Waals surface area contributed by atoms with Crippen LogP contribution in [0.3, 0.4) is 0 Å². The van der Waals surface area contributed by atoms with Crippen molar-refractivity contribution in [1.82, 2.24) is 14.8 Å². The number of ether oxygens (including phenoxy) is 1. The summed E-state index contributed by atoms with van der Waals surface area (Å²) < 4.78 is 45.2. The van der Waals surface area contributed by atoms with Crippen molar-refractivity contribution in [3.05, 3.63) is 35.9 Å². The second-order valence-electron chi connectivity index (χ2n) is 4.37. The first kappa shape index (κ1) is 18.7. The van der Waals surface area contributed by atoms with Crippen molar-refractivity contribution in [2.45, 2.75) is 27.0 Å². The molecule has 2 aromatic rings. The number of halogens is 3. The molecule has 9 heteroatoms. The van der Waals surface area contributed by atoms with E-state index in [9.17, 15) is 12.9 Å². The Balaban J connectivity index is 0.00000220. The van der Waals surface area contributed by atoms with Crippen LogP contribution in [0.5, 0.6) is 5.75 Å². The van der Waals surface area contributed by atoms with Crippen LogP contribution in [-0.4, -0.2) is 21.7 Å². The summed E-state index contributed by atoms with van der Waals surface area (Å²) in [4.78, 5) is 4.03. The average Bonchev–Trinajstić information content (AvgIpc) is 2.82. The van der Waals surface area contributed by atoms with Gasteiger partial charge in [0.25, 0.3) is 0 Å². The van der Waals surface area contributed by atoms with E-state index >= 15 is 0 Å². The number of hydrogen-bond acceptors (Lipinski definition) is 3. The fourth-order valence-electron chi connectivity index (χ4n) is 1.92. The standard InChI is InChI=1S/C12H14BF3N3O.K/c1-3-19-12(17-8-18-19)7-20-10-4-5-11(9(2)6-10)13(14,15)16;/h4-6,8H,3,7H2,1-2H3;/q-1;+1. The van der Waals surface area contributed by atoms with Gasteiger partial charge in [0, 0.05) is 6.54 Å². The topological polar surface area (TPSA) is 39.9 Å². The van der Waals surface area contributed by atoms with E-state index in [1.54, 1.807) is 4.68 Å². The average molecular weight is 323 g/mol. The van der Waals surface area contributed by atoms with Crippen LogP contribution in [0.25, 0.3) is 0 Å². The van der Waals surface area contributed by atoms with Crippen molar-refractivity contribution in [3.63, 3.8) is 0 Å². The summed E-state index contributed by atoms with van der Waals surface area (Å²) in [7, 11) is 0. The van der Waals surface area contributed by atoms with Crippen LogP contribution in [-0.2, 0) is 13.2 Å². The number of hydrogen-bond donors (Lipinski definition) is 0. The first-order valence-electron chi connectivity index (χ1n) is 6.21. The number of aromatic nitrogens is 3. The Labute approximate surface area is 163 Å². The third-order valence-electron chi connectivity index (χ3n) is 2.96. The summed E-state index contributed by atoms with van der Waals surface area (Å²) in [5, 5.41) is 3.99. The maximum absolute atomic E-state index is 12.7. The molecule has 2 rings (SSSR count). The Hall–Kier alpha value is -0.349. The van der Waals surface area contributed by atoms with Crippen LogP contribution < -0.4 is 61.6 Å². The molecule has 0 aliphatic heterocycles. The zero-order valence-electron chi connectivity index (χ0n) is 12.2. The molecule has 0 atom stereocenters. The molecule has 21 heavy (non-hydrogen) atoms. The Kier molecular flexibility index (Phi) is 6.92. The number of benzene rings is 1. The van der Waals surface area contributed by atoms with Gasteiger partial charge in [-0.3, -0.25) is 0 Å². The molecule has 0 fully saturated rings. The molecule has 1 aromatic carbocycles. The van der Waals surface area contributed by atoms with Gasteiger partial charge in [-0.15, -0.1) is 5.46 Å². The molecule has 0 N–H and O–H groups in total. The zero-order chi connectivity index (χ0) is 14.8. The van der Waals surface area contributed by atoms with Crippen molar-refractivity contribution in [3.8, 4) is 5.75 Å². The Morgan fingerprint density at radius 2 is 2.00 bits per heavy atom. The summed E-state index contributed by atoms with van der Waals surface area (Å²) in [5.41, 5.74) is -0.430. The smallest absolute Gasteiger partial charge is 0.486 e. The first-order chi connectivity index (χ1) is 9.41. The molecule has 0 aliphatic rings. The van der Waals surface area contributed by atoms with E-state index in [0.29, 0.717) is 18.1 Å². The van der Waals surface area contributed by atoms with Gasteiger partial charge in [0.2, 0.25) is 0 Å². The van der Waals surface area contributed by atoms with E-state index in [1.165, 1.54) is 25.4 Å². The number of rotatable bonds is 5. The Morgan fingerprint density at radius 3 is 2.57 bits per heavy atom. The van der Waals surface area contributed by atoms with Crippen molar-refractivity contribution in [2.75, 3.05) is 0 Å². The van der Waals surface area contributed by atoms with Gasteiger partial charge in [-0.25, -0.2) is 9.67 Å². The zero-order valence-corrected chi connectivity index (χ0v) is 15.3. The van der Waals surface area contributed by atoms with E-state index in [4.69, 9.17) is 4.74 Å². The maximum Gasteiger partial charge on any atom is 1.00 e. The SMILES string of the molecule is CCn1ncnc1COc1ccc([B-](F)(F)F)c(C)c1.[K+]. The third kappa shape index (κ3) is 4.82. The molecule has 0 saturated carbocycles. The predicted molar refractivity (Wildman–Crippen MR) is 69.9 cm³/mol. The van der Waals surface area contributed by atoms with Gasteiger partial charge in [-0.1, -0.05) is 11.6 Å². The fourth-order valence-corrected chi connectivity index (χ4v) is 1.92. The first-order valence-corrected chi connectivity index (χ1v) is 6.21. The molecule has 0 spiro atoms. The van der Waals surface area contributed by atoms with Gasteiger partial charge >= 0.3 is 58.4 Å². The van der Waals surface area contributed by atoms with Gasteiger partial charge in [-0.05, 0) is 26.0 Å². The molecule has 0 amide bonds. The predicted octanol–water partition coefficient (Wildman–Crippen LogP) is -0.756. The van der Waals surface area contributed by atoms with Crippen molar-refractivity contribution >= 4 is 12.4 Å². The minimum atomic E-state index is -4.99. The molecule has 4 nitrogen and oxygen atoms in total. The minimum absolute atomic E-state index is 0. The van der Waals surface area contributed by atoms with Gasteiger partial charge in [0.05, 0.1) is 0 Å². The summed E-state index contributed by atoms with van der Waals surface area (Å²) in [6, 6.07) is 3.76. The van der Waals surface area contributed by atoms with Gasteiger partial charge in [-0.2, -0.15) is 5.10 Å². The molecule has 1 aromatic heterocycles. The van der Waals surface area contributed by atoms with Gasteiger partial charge in [0.15, 0.2) is 5.82 Å². The normalized spacial score (nSPS) is 11.1. The van der Waals surface area contributed by atoms with E-state index < -0.39 is 12.4 Å². The van der Waals surface area contributed by atoms with Crippen molar-refractivity contribution < 1.29 is 69.1 Å². The number of nitrogens with zero attached hydrogens (tertiary/aromatic N) is 3. The van der Waals surface area contributed by atoms with E-state index in [2.05, 4.69) is 10.1 Å². The minimum Gasteiger partial charge on any atom is -0.486 e. The van der Waals surface area contributed by atoms with Gasteiger partial charge in [0.1, 0.15) is 18.7 Å². The van der Waals surface area contributed by atoms with Crippen LogP contribution >= 0.6 is 0 Å². The molecular weight excluding hydrogens is 309 g/mol. The largest absolute Gasteiger partial charge is 1.00 e. The van der Waals surface area contributed by atoms with Crippen LogP contribution in [0.1, 0.15) is 18.3 Å². The van der Waals surface area contributed by atoms with E-state index in [0.717, 1.165) is 6.07 Å². The molecule has 1 heterocycles. The molecule has 0 unspecified atom stereocenters. The summed E-state index contributed by atoms with van der Waals surface area (Å²) in [6.07, 6.45) is 1.42. The molecule has 0 aliphatic carbocycles. The summed E-state index contributed by atoms with van der Waals surface area (Å²) >= 11 is 0. The summed E-state index contributed by atoms with van der Waals surface area (Å²) in [6.45, 7) is -0.814. The second-order valence-corrected chi connectivity index (χ2v) is 4.37. The third-order valence-corrected chi connectivity index (χ3v) is 2.96. The summed E-state index contributed by atoms with van der Waals surface area (Å²) in [5.74, 6) is 1.02.